The minimum absolute atomic E-state index is 0. The fourth-order valence-electron chi connectivity index (χ4n) is 2.27. The van der Waals surface area contributed by atoms with Gasteiger partial charge in [-0.1, -0.05) is 12.1 Å². The van der Waals surface area contributed by atoms with Gasteiger partial charge in [0.15, 0.2) is 5.96 Å². The molecule has 0 atom stereocenters. The monoisotopic (exact) mass is 506 g/mol. The molecule has 0 spiro atoms. The van der Waals surface area contributed by atoms with E-state index in [0.29, 0.717) is 19.0 Å². The highest BCUT2D eigenvalue weighted by molar-refractivity contribution is 14.0. The summed E-state index contributed by atoms with van der Waals surface area (Å²) in [7, 11) is -1.47. The van der Waals surface area contributed by atoms with Gasteiger partial charge in [0.05, 0.1) is 11.4 Å². The molecule has 0 aliphatic rings. The number of nitrogens with zero attached hydrogens (tertiary/aromatic N) is 3. The Balaban J connectivity index is 0.00000364. The third kappa shape index (κ3) is 8.26. The van der Waals surface area contributed by atoms with Crippen LogP contribution in [0.3, 0.4) is 0 Å². The third-order valence-corrected chi connectivity index (χ3v) is 5.16. The number of benzene rings is 1. The summed E-state index contributed by atoms with van der Waals surface area (Å²) in [5.74, 6) is 0.730. The Labute approximate surface area is 177 Å². The molecule has 0 bridgehead atoms. The maximum Gasteiger partial charge on any atom is 0.211 e. The molecular weight excluding hydrogens is 479 g/mol. The van der Waals surface area contributed by atoms with Crippen molar-refractivity contribution in [1.82, 2.24) is 25.1 Å². The highest BCUT2D eigenvalue weighted by atomic mass is 127. The van der Waals surface area contributed by atoms with E-state index in [-0.39, 0.29) is 29.7 Å². The number of guanidine groups is 1. The number of aromatic nitrogens is 2. The van der Waals surface area contributed by atoms with Crippen LogP contribution in [0, 0.1) is 0 Å². The summed E-state index contributed by atoms with van der Waals surface area (Å²) in [6.45, 7) is 3.13. The molecule has 0 saturated heterocycles. The Morgan fingerprint density at radius 3 is 2.44 bits per heavy atom. The van der Waals surface area contributed by atoms with E-state index in [0.717, 1.165) is 18.7 Å². The van der Waals surface area contributed by atoms with Crippen LogP contribution < -0.4 is 15.4 Å². The summed E-state index contributed by atoms with van der Waals surface area (Å²) in [5.41, 5.74) is 2.23. The molecule has 0 unspecified atom stereocenters. The van der Waals surface area contributed by atoms with E-state index in [1.54, 1.807) is 20.2 Å². The highest BCUT2D eigenvalue weighted by Gasteiger charge is 2.05. The van der Waals surface area contributed by atoms with Crippen molar-refractivity contribution in [2.75, 3.05) is 32.4 Å². The van der Waals surface area contributed by atoms with Gasteiger partial charge in [0.1, 0.15) is 0 Å². The van der Waals surface area contributed by atoms with E-state index in [1.165, 1.54) is 5.56 Å². The van der Waals surface area contributed by atoms with Crippen LogP contribution in [0.5, 0.6) is 0 Å². The number of sulfonamides is 1. The van der Waals surface area contributed by atoms with Gasteiger partial charge in [-0.3, -0.25) is 4.99 Å². The average Bonchev–Trinajstić information content (AvgIpc) is 3.19. The average molecular weight is 506 g/mol. The number of hydrogen-bond acceptors (Lipinski definition) is 4. The maximum atomic E-state index is 11.4. The molecule has 2 aromatic rings. The summed E-state index contributed by atoms with van der Waals surface area (Å²) in [6, 6.07) is 10.1. The molecule has 3 N–H and O–H groups in total. The largest absolute Gasteiger partial charge is 0.356 e. The second kappa shape index (κ2) is 11.9. The van der Waals surface area contributed by atoms with Crippen molar-refractivity contribution < 1.29 is 8.42 Å². The van der Waals surface area contributed by atoms with Gasteiger partial charge in [-0.05, 0) is 37.1 Å². The Hall–Kier alpha value is -1.66. The lowest BCUT2D eigenvalue weighted by molar-refractivity contribution is 0.582. The van der Waals surface area contributed by atoms with Gasteiger partial charge >= 0.3 is 0 Å². The van der Waals surface area contributed by atoms with Crippen LogP contribution >= 0.6 is 24.0 Å². The van der Waals surface area contributed by atoms with E-state index >= 15 is 0 Å². The van der Waals surface area contributed by atoms with Crippen molar-refractivity contribution in [3.63, 3.8) is 0 Å². The number of rotatable bonds is 9. The highest BCUT2D eigenvalue weighted by Crippen LogP contribution is 2.08. The Morgan fingerprint density at radius 2 is 1.85 bits per heavy atom. The van der Waals surface area contributed by atoms with Crippen molar-refractivity contribution in [2.45, 2.75) is 13.3 Å². The molecule has 0 aliphatic heterocycles. The van der Waals surface area contributed by atoms with E-state index in [4.69, 9.17) is 0 Å². The van der Waals surface area contributed by atoms with Gasteiger partial charge in [-0.2, -0.15) is 5.10 Å². The van der Waals surface area contributed by atoms with Crippen LogP contribution in [-0.2, 0) is 16.4 Å². The van der Waals surface area contributed by atoms with Gasteiger partial charge in [-0.25, -0.2) is 17.8 Å². The summed E-state index contributed by atoms with van der Waals surface area (Å²) < 4.78 is 27.0. The number of aliphatic imine (C=N–C) groups is 1. The first-order valence-corrected chi connectivity index (χ1v) is 10.2. The second-order valence-electron chi connectivity index (χ2n) is 5.59. The van der Waals surface area contributed by atoms with Gasteiger partial charge < -0.3 is 10.6 Å². The second-order valence-corrected chi connectivity index (χ2v) is 7.69. The molecule has 150 valence electrons. The van der Waals surface area contributed by atoms with Crippen LogP contribution in [-0.4, -0.2) is 56.6 Å². The summed E-state index contributed by atoms with van der Waals surface area (Å²) in [5, 5.41) is 10.5. The maximum absolute atomic E-state index is 11.4. The Morgan fingerprint density at radius 1 is 1.15 bits per heavy atom. The van der Waals surface area contributed by atoms with Crippen LogP contribution in [0.1, 0.15) is 12.5 Å². The quantitative estimate of drug-likeness (QED) is 0.205. The molecule has 1 aromatic carbocycles. The first-order valence-electron chi connectivity index (χ1n) is 8.55. The van der Waals surface area contributed by atoms with Crippen LogP contribution in [0.2, 0.25) is 0 Å². The zero-order valence-corrected chi connectivity index (χ0v) is 18.7. The molecule has 1 heterocycles. The summed E-state index contributed by atoms with van der Waals surface area (Å²) >= 11 is 0. The standard InChI is InChI=1S/C17H26N6O2S.HI/c1-3-26(24,25)22-13-12-20-17(18-2)19-11-9-15-5-7-16(8-6-15)23-14-4-10-21-23;/h4-8,10,14,22H,3,9,11-13H2,1-2H3,(H2,18,19,20);1H. The lowest BCUT2D eigenvalue weighted by atomic mass is 10.1. The van der Waals surface area contributed by atoms with Gasteiger partial charge in [0, 0.05) is 39.1 Å². The van der Waals surface area contributed by atoms with Crippen LogP contribution in [0.4, 0.5) is 0 Å². The van der Waals surface area contributed by atoms with E-state index < -0.39 is 10.0 Å². The smallest absolute Gasteiger partial charge is 0.211 e. The molecule has 2 rings (SSSR count). The lowest BCUT2D eigenvalue weighted by Crippen LogP contribution is -2.42. The van der Waals surface area contributed by atoms with Crippen molar-refractivity contribution in [1.29, 1.82) is 0 Å². The molecule has 0 radical (unpaired) electrons. The first kappa shape index (κ1) is 23.4. The fourth-order valence-corrected chi connectivity index (χ4v) is 2.89. The minimum Gasteiger partial charge on any atom is -0.356 e. The number of nitrogens with one attached hydrogen (secondary N) is 3. The van der Waals surface area contributed by atoms with Crippen molar-refractivity contribution in [2.24, 2.45) is 4.99 Å². The molecule has 8 nitrogen and oxygen atoms in total. The minimum atomic E-state index is -3.15. The summed E-state index contributed by atoms with van der Waals surface area (Å²) in [4.78, 5) is 4.13. The first-order chi connectivity index (χ1) is 12.5. The number of halogens is 1. The van der Waals surface area contributed by atoms with Gasteiger partial charge in [0.2, 0.25) is 10.0 Å². The molecule has 0 fully saturated rings. The zero-order valence-electron chi connectivity index (χ0n) is 15.6. The van der Waals surface area contributed by atoms with Gasteiger partial charge in [0.25, 0.3) is 0 Å². The molecule has 0 amide bonds. The Bertz CT molecular complexity index is 791. The molecule has 0 saturated carbocycles. The Kier molecular flexibility index (Phi) is 10.3. The van der Waals surface area contributed by atoms with Gasteiger partial charge in [-0.15, -0.1) is 24.0 Å². The van der Waals surface area contributed by atoms with Crippen LogP contribution in [0.25, 0.3) is 5.69 Å². The predicted octanol–water partition coefficient (Wildman–Crippen LogP) is 1.14. The lowest BCUT2D eigenvalue weighted by Gasteiger charge is -2.12. The molecule has 27 heavy (non-hydrogen) atoms. The third-order valence-electron chi connectivity index (χ3n) is 3.75. The van der Waals surface area contributed by atoms with E-state index in [9.17, 15) is 8.42 Å². The molecule has 1 aromatic heterocycles. The predicted molar refractivity (Wildman–Crippen MR) is 120 cm³/mol. The molecule has 0 aliphatic carbocycles. The summed E-state index contributed by atoms with van der Waals surface area (Å²) in [6.07, 6.45) is 4.51. The molecule has 10 heteroatoms. The fraction of sp³-hybridized carbons (Fsp3) is 0.412. The molecular formula is C17H27IN6O2S. The van der Waals surface area contributed by atoms with Crippen molar-refractivity contribution in [3.8, 4) is 5.69 Å². The van der Waals surface area contributed by atoms with Crippen LogP contribution in [0.15, 0.2) is 47.7 Å². The zero-order chi connectivity index (χ0) is 18.8. The number of hydrogen-bond donors (Lipinski definition) is 3. The topological polar surface area (TPSA) is 100 Å². The normalized spacial score (nSPS) is 11.7. The van der Waals surface area contributed by atoms with E-state index in [1.807, 2.05) is 29.1 Å². The SMILES string of the molecule is CCS(=O)(=O)NCCNC(=NC)NCCc1ccc(-n2cccn2)cc1.I. The van der Waals surface area contributed by atoms with Crippen molar-refractivity contribution >= 4 is 40.0 Å². The van der Waals surface area contributed by atoms with Crippen molar-refractivity contribution in [3.05, 3.63) is 48.3 Å². The van der Waals surface area contributed by atoms with E-state index in [2.05, 4.69) is 37.6 Å².